The van der Waals surface area contributed by atoms with Crippen molar-refractivity contribution in [2.75, 3.05) is 26.2 Å². The molecule has 2 N–H and O–H groups in total. The number of amides is 2. The molecule has 3 aliphatic rings. The lowest BCUT2D eigenvalue weighted by Gasteiger charge is -2.27. The van der Waals surface area contributed by atoms with Crippen LogP contribution in [0.3, 0.4) is 0 Å². The molecule has 2 atom stereocenters. The Morgan fingerprint density at radius 2 is 1.90 bits per heavy atom. The third-order valence-corrected chi connectivity index (χ3v) is 5.27. The van der Waals surface area contributed by atoms with E-state index in [0.717, 1.165) is 71.1 Å². The van der Waals surface area contributed by atoms with E-state index in [-0.39, 0.29) is 23.8 Å². The number of rotatable bonds is 4. The van der Waals surface area contributed by atoms with Gasteiger partial charge in [0, 0.05) is 19.0 Å². The van der Waals surface area contributed by atoms with Gasteiger partial charge in [-0.05, 0) is 51.1 Å². The molecule has 2 saturated heterocycles. The predicted octanol–water partition coefficient (Wildman–Crippen LogP) is 0.893. The molecule has 5 heteroatoms. The number of nitrogens with one attached hydrogen (secondary N) is 2. The van der Waals surface area contributed by atoms with Crippen LogP contribution < -0.4 is 10.6 Å². The summed E-state index contributed by atoms with van der Waals surface area (Å²) in [6, 6.07) is -0.215. The van der Waals surface area contributed by atoms with E-state index in [0.29, 0.717) is 5.92 Å². The third kappa shape index (κ3) is 3.39. The minimum atomic E-state index is -0.215. The summed E-state index contributed by atoms with van der Waals surface area (Å²) in [5.41, 5.74) is 0. The van der Waals surface area contributed by atoms with Crippen molar-refractivity contribution in [3.63, 3.8) is 0 Å². The van der Waals surface area contributed by atoms with Gasteiger partial charge in [0.05, 0.1) is 0 Å². The lowest BCUT2D eigenvalue weighted by atomic mass is 10.1. The minimum absolute atomic E-state index is 0.0609. The van der Waals surface area contributed by atoms with Gasteiger partial charge in [-0.3, -0.25) is 9.59 Å². The van der Waals surface area contributed by atoms with Crippen molar-refractivity contribution in [2.45, 2.75) is 51.0 Å². The smallest absolute Gasteiger partial charge is 0.242 e. The molecular formula is C16H27N3O2. The molecule has 0 radical (unpaired) electrons. The van der Waals surface area contributed by atoms with E-state index in [9.17, 15) is 9.59 Å². The summed E-state index contributed by atoms with van der Waals surface area (Å²) in [6.07, 6.45) is 7.27. The van der Waals surface area contributed by atoms with Gasteiger partial charge in [-0.25, -0.2) is 0 Å². The van der Waals surface area contributed by atoms with Crippen molar-refractivity contribution >= 4 is 11.8 Å². The molecule has 0 aromatic carbocycles. The van der Waals surface area contributed by atoms with Gasteiger partial charge in [0.15, 0.2) is 0 Å². The Bertz CT molecular complexity index is 387. The van der Waals surface area contributed by atoms with E-state index < -0.39 is 0 Å². The topological polar surface area (TPSA) is 61.4 Å². The standard InChI is InChI=1S/C16H27N3O2/c20-15(18-11-12-7-8-17-10-12)14-6-3-9-19(14)16(21)13-4-1-2-5-13/h12-14,17H,1-11H2,(H,18,20). The Kier molecular flexibility index (Phi) is 4.78. The third-order valence-electron chi connectivity index (χ3n) is 5.27. The molecule has 118 valence electrons. The van der Waals surface area contributed by atoms with Crippen LogP contribution in [0.15, 0.2) is 0 Å². The fraction of sp³-hybridized carbons (Fsp3) is 0.875. The normalized spacial score (nSPS) is 30.0. The SMILES string of the molecule is O=C(NCC1CCNC1)C1CCCN1C(=O)C1CCCC1. The molecule has 0 aromatic rings. The lowest BCUT2D eigenvalue weighted by molar-refractivity contribution is -0.141. The highest BCUT2D eigenvalue weighted by atomic mass is 16.2. The molecule has 1 saturated carbocycles. The Morgan fingerprint density at radius 1 is 1.10 bits per heavy atom. The highest BCUT2D eigenvalue weighted by Gasteiger charge is 2.37. The molecule has 2 amide bonds. The molecule has 0 aromatic heterocycles. The summed E-state index contributed by atoms with van der Waals surface area (Å²) in [5.74, 6) is 1.02. The monoisotopic (exact) mass is 293 g/mol. The first-order valence-corrected chi connectivity index (χ1v) is 8.54. The Balaban J connectivity index is 1.52. The van der Waals surface area contributed by atoms with Crippen molar-refractivity contribution in [3.05, 3.63) is 0 Å². The average molecular weight is 293 g/mol. The maximum atomic E-state index is 12.6. The Labute approximate surface area is 126 Å². The van der Waals surface area contributed by atoms with Gasteiger partial charge in [0.25, 0.3) is 0 Å². The first-order valence-electron chi connectivity index (χ1n) is 8.54. The van der Waals surface area contributed by atoms with Crippen molar-refractivity contribution in [2.24, 2.45) is 11.8 Å². The van der Waals surface area contributed by atoms with Crippen molar-refractivity contribution in [3.8, 4) is 0 Å². The largest absolute Gasteiger partial charge is 0.354 e. The van der Waals surface area contributed by atoms with E-state index in [1.807, 2.05) is 4.90 Å². The van der Waals surface area contributed by atoms with Gasteiger partial charge in [0.1, 0.15) is 6.04 Å². The molecule has 2 aliphatic heterocycles. The maximum absolute atomic E-state index is 12.6. The fourth-order valence-electron chi connectivity index (χ4n) is 3.96. The Morgan fingerprint density at radius 3 is 2.62 bits per heavy atom. The van der Waals surface area contributed by atoms with Crippen molar-refractivity contribution < 1.29 is 9.59 Å². The van der Waals surface area contributed by atoms with E-state index in [2.05, 4.69) is 10.6 Å². The van der Waals surface area contributed by atoms with Gasteiger partial charge in [-0.15, -0.1) is 0 Å². The van der Waals surface area contributed by atoms with Crippen LogP contribution >= 0.6 is 0 Å². The molecule has 5 nitrogen and oxygen atoms in total. The second kappa shape index (κ2) is 6.77. The predicted molar refractivity (Wildman–Crippen MR) is 80.7 cm³/mol. The zero-order valence-electron chi connectivity index (χ0n) is 12.8. The quantitative estimate of drug-likeness (QED) is 0.809. The van der Waals surface area contributed by atoms with Gasteiger partial charge >= 0.3 is 0 Å². The summed E-state index contributed by atoms with van der Waals surface area (Å²) in [5, 5.41) is 6.38. The van der Waals surface area contributed by atoms with Crippen LogP contribution in [0, 0.1) is 11.8 Å². The number of carbonyl (C=O) groups excluding carboxylic acids is 2. The zero-order valence-corrected chi connectivity index (χ0v) is 12.8. The van der Waals surface area contributed by atoms with Gasteiger partial charge in [-0.1, -0.05) is 12.8 Å². The molecule has 21 heavy (non-hydrogen) atoms. The van der Waals surface area contributed by atoms with E-state index in [1.54, 1.807) is 0 Å². The van der Waals surface area contributed by atoms with E-state index in [4.69, 9.17) is 0 Å². The van der Waals surface area contributed by atoms with Crippen molar-refractivity contribution in [1.82, 2.24) is 15.5 Å². The minimum Gasteiger partial charge on any atom is -0.354 e. The van der Waals surface area contributed by atoms with E-state index in [1.165, 1.54) is 0 Å². The average Bonchev–Trinajstić information content (AvgIpc) is 3.26. The zero-order chi connectivity index (χ0) is 14.7. The van der Waals surface area contributed by atoms with Crippen molar-refractivity contribution in [1.29, 1.82) is 0 Å². The molecule has 0 bridgehead atoms. The molecule has 2 heterocycles. The number of nitrogens with zero attached hydrogens (tertiary/aromatic N) is 1. The first-order chi connectivity index (χ1) is 10.3. The van der Waals surface area contributed by atoms with Gasteiger partial charge in [-0.2, -0.15) is 0 Å². The fourth-order valence-corrected chi connectivity index (χ4v) is 3.96. The number of hydrogen-bond acceptors (Lipinski definition) is 3. The first kappa shape index (κ1) is 14.8. The van der Waals surface area contributed by atoms with Crippen LogP contribution in [-0.2, 0) is 9.59 Å². The van der Waals surface area contributed by atoms with Crippen LogP contribution in [0.4, 0.5) is 0 Å². The summed E-state index contributed by atoms with van der Waals surface area (Å²) in [6.45, 7) is 3.55. The summed E-state index contributed by atoms with van der Waals surface area (Å²) in [7, 11) is 0. The molecule has 3 fully saturated rings. The van der Waals surface area contributed by atoms with Crippen LogP contribution in [0.1, 0.15) is 44.9 Å². The second-order valence-corrected chi connectivity index (χ2v) is 6.78. The molecule has 2 unspecified atom stereocenters. The second-order valence-electron chi connectivity index (χ2n) is 6.78. The maximum Gasteiger partial charge on any atom is 0.242 e. The summed E-state index contributed by atoms with van der Waals surface area (Å²) >= 11 is 0. The van der Waals surface area contributed by atoms with E-state index >= 15 is 0 Å². The van der Waals surface area contributed by atoms with Crippen LogP contribution in [-0.4, -0.2) is 48.9 Å². The van der Waals surface area contributed by atoms with Crippen LogP contribution in [0.25, 0.3) is 0 Å². The molecule has 3 rings (SSSR count). The number of likely N-dealkylation sites (tertiary alicyclic amines) is 1. The number of hydrogen-bond donors (Lipinski definition) is 2. The van der Waals surface area contributed by atoms with Crippen LogP contribution in [0.2, 0.25) is 0 Å². The Hall–Kier alpha value is -1.10. The van der Waals surface area contributed by atoms with Gasteiger partial charge < -0.3 is 15.5 Å². The molecule has 0 spiro atoms. The highest BCUT2D eigenvalue weighted by molar-refractivity contribution is 5.89. The highest BCUT2D eigenvalue weighted by Crippen LogP contribution is 2.29. The van der Waals surface area contributed by atoms with Gasteiger partial charge in [0.2, 0.25) is 11.8 Å². The molecule has 1 aliphatic carbocycles. The molecular weight excluding hydrogens is 266 g/mol. The van der Waals surface area contributed by atoms with Crippen LogP contribution in [0.5, 0.6) is 0 Å². The lowest BCUT2D eigenvalue weighted by Crippen LogP contribution is -2.48. The summed E-state index contributed by atoms with van der Waals surface area (Å²) in [4.78, 5) is 26.8. The summed E-state index contributed by atoms with van der Waals surface area (Å²) < 4.78 is 0. The number of carbonyl (C=O) groups is 2.